The molecule has 0 atom stereocenters. The number of hydrogen-bond acceptors (Lipinski definition) is 4. The lowest BCUT2D eigenvalue weighted by atomic mass is 10.2. The minimum absolute atomic E-state index is 0.0885. The number of nitrogens with zero attached hydrogens (tertiary/aromatic N) is 1. The van der Waals surface area contributed by atoms with E-state index in [1.807, 2.05) is 6.92 Å². The zero-order valence-corrected chi connectivity index (χ0v) is 16.2. The Morgan fingerprint density at radius 2 is 1.71 bits per heavy atom. The van der Waals surface area contributed by atoms with E-state index in [-0.39, 0.29) is 15.8 Å². The topological polar surface area (TPSA) is 65.4 Å². The highest BCUT2D eigenvalue weighted by molar-refractivity contribution is 7.91. The third-order valence-corrected chi connectivity index (χ3v) is 6.26. The zero-order valence-electron chi connectivity index (χ0n) is 15.4. The van der Waals surface area contributed by atoms with Crippen LogP contribution in [0.15, 0.2) is 57.2 Å². The van der Waals surface area contributed by atoms with E-state index in [1.165, 1.54) is 42.1 Å². The number of sulfone groups is 1. The molecule has 8 heteroatoms. The van der Waals surface area contributed by atoms with Crippen LogP contribution in [-0.2, 0) is 16.4 Å². The number of aryl methyl sites for hydroxylation is 1. The van der Waals surface area contributed by atoms with Crippen molar-refractivity contribution in [2.24, 2.45) is 0 Å². The van der Waals surface area contributed by atoms with Crippen molar-refractivity contribution in [1.29, 1.82) is 0 Å². The van der Waals surface area contributed by atoms with Gasteiger partial charge in [0.1, 0.15) is 10.6 Å². The van der Waals surface area contributed by atoms with Crippen molar-refractivity contribution < 1.29 is 21.9 Å². The third kappa shape index (κ3) is 3.52. The molecule has 2 aromatic carbocycles. The molecule has 148 valence electrons. The number of aromatic nitrogens is 1. The fraction of sp³-hybridized carbons (Fsp3) is 0.250. The first-order valence-electron chi connectivity index (χ1n) is 8.71. The smallest absolute Gasteiger partial charge is 0.211 e. The molecule has 0 bridgehead atoms. The molecular weight excluding hydrogens is 388 g/mol. The Morgan fingerprint density at radius 3 is 2.32 bits per heavy atom. The molecule has 0 saturated carbocycles. The molecule has 0 spiro atoms. The maximum absolute atomic E-state index is 13.8. The molecule has 28 heavy (non-hydrogen) atoms. The number of hydrogen-bond donors (Lipinski definition) is 0. The molecule has 0 saturated heterocycles. The SMILES string of the molecule is CCCCn1cc(S(=O)(=O)c2ccc(OC)cc2)c(=O)c2cc(F)c(F)cc21. The van der Waals surface area contributed by atoms with E-state index in [1.54, 1.807) is 0 Å². The minimum atomic E-state index is -4.16. The van der Waals surface area contributed by atoms with Crippen LogP contribution >= 0.6 is 0 Å². The van der Waals surface area contributed by atoms with E-state index >= 15 is 0 Å². The van der Waals surface area contributed by atoms with Gasteiger partial charge in [-0.1, -0.05) is 13.3 Å². The van der Waals surface area contributed by atoms with E-state index in [0.717, 1.165) is 18.6 Å². The average molecular weight is 407 g/mol. The Morgan fingerprint density at radius 1 is 1.07 bits per heavy atom. The maximum atomic E-state index is 13.8. The van der Waals surface area contributed by atoms with Gasteiger partial charge in [0.15, 0.2) is 11.6 Å². The summed E-state index contributed by atoms with van der Waals surface area (Å²) >= 11 is 0. The zero-order chi connectivity index (χ0) is 20.5. The summed E-state index contributed by atoms with van der Waals surface area (Å²) in [7, 11) is -2.71. The van der Waals surface area contributed by atoms with Gasteiger partial charge in [0.25, 0.3) is 0 Å². The first-order valence-corrected chi connectivity index (χ1v) is 10.2. The number of methoxy groups -OCH3 is 1. The molecule has 0 N–H and O–H groups in total. The highest BCUT2D eigenvalue weighted by atomic mass is 32.2. The Hall–Kier alpha value is -2.74. The van der Waals surface area contributed by atoms with Gasteiger partial charge in [-0.15, -0.1) is 0 Å². The van der Waals surface area contributed by atoms with Crippen LogP contribution in [0.4, 0.5) is 8.78 Å². The third-order valence-electron chi connectivity index (χ3n) is 4.50. The van der Waals surface area contributed by atoms with Gasteiger partial charge >= 0.3 is 0 Å². The monoisotopic (exact) mass is 407 g/mol. The lowest BCUT2D eigenvalue weighted by Crippen LogP contribution is -2.20. The fourth-order valence-electron chi connectivity index (χ4n) is 2.94. The second-order valence-electron chi connectivity index (χ2n) is 6.33. The predicted molar refractivity (Wildman–Crippen MR) is 101 cm³/mol. The van der Waals surface area contributed by atoms with Crippen molar-refractivity contribution in [3.8, 4) is 5.75 Å². The van der Waals surface area contributed by atoms with Gasteiger partial charge < -0.3 is 9.30 Å². The fourth-order valence-corrected chi connectivity index (χ4v) is 4.31. The molecular formula is C20H19F2NO4S. The molecule has 5 nitrogen and oxygen atoms in total. The van der Waals surface area contributed by atoms with Crippen molar-refractivity contribution in [1.82, 2.24) is 4.57 Å². The molecule has 0 aliphatic heterocycles. The summed E-state index contributed by atoms with van der Waals surface area (Å²) in [6.07, 6.45) is 2.69. The van der Waals surface area contributed by atoms with Crippen molar-refractivity contribution in [3.05, 3.63) is 64.5 Å². The number of unbranched alkanes of at least 4 members (excludes halogenated alkanes) is 1. The standard InChI is InChI=1S/C20H19F2NO4S/c1-3-4-9-23-12-19(20(24)15-10-16(21)17(22)11-18(15)23)28(25,26)14-7-5-13(27-2)6-8-14/h5-8,10-12H,3-4,9H2,1-2H3. The highest BCUT2D eigenvalue weighted by Gasteiger charge is 2.24. The van der Waals surface area contributed by atoms with Crippen molar-refractivity contribution >= 4 is 20.7 Å². The number of benzene rings is 2. The first-order chi connectivity index (χ1) is 13.3. The van der Waals surface area contributed by atoms with E-state index in [9.17, 15) is 22.0 Å². The number of fused-ring (bicyclic) bond motifs is 1. The van der Waals surface area contributed by atoms with Gasteiger partial charge in [-0.3, -0.25) is 4.79 Å². The maximum Gasteiger partial charge on any atom is 0.211 e. The normalized spacial score (nSPS) is 11.7. The van der Waals surface area contributed by atoms with Gasteiger partial charge in [-0.2, -0.15) is 0 Å². The summed E-state index contributed by atoms with van der Waals surface area (Å²) in [5.41, 5.74) is -0.705. The lowest BCUT2D eigenvalue weighted by molar-refractivity contribution is 0.414. The van der Waals surface area contributed by atoms with Crippen molar-refractivity contribution in [2.75, 3.05) is 7.11 Å². The summed E-state index contributed by atoms with van der Waals surface area (Å²) < 4.78 is 60.1. The summed E-state index contributed by atoms with van der Waals surface area (Å²) in [6, 6.07) is 7.28. The molecule has 0 amide bonds. The predicted octanol–water partition coefficient (Wildman–Crippen LogP) is 3.92. The number of pyridine rings is 1. The molecule has 1 heterocycles. The minimum Gasteiger partial charge on any atom is -0.497 e. The molecule has 0 unspecified atom stereocenters. The van der Waals surface area contributed by atoms with Crippen molar-refractivity contribution in [2.45, 2.75) is 36.1 Å². The molecule has 3 rings (SSSR count). The summed E-state index contributed by atoms with van der Waals surface area (Å²) in [5, 5.41) is -0.176. The molecule has 0 aliphatic carbocycles. The lowest BCUT2D eigenvalue weighted by Gasteiger charge is -2.14. The molecule has 0 radical (unpaired) electrons. The van der Waals surface area contributed by atoms with Crippen LogP contribution in [0.2, 0.25) is 0 Å². The molecule has 3 aromatic rings. The number of halogens is 2. The summed E-state index contributed by atoms with van der Waals surface area (Å²) in [4.78, 5) is 12.3. The van der Waals surface area contributed by atoms with Gasteiger partial charge in [0.05, 0.1) is 22.9 Å². The van der Waals surface area contributed by atoms with Crippen LogP contribution < -0.4 is 10.2 Å². The second-order valence-corrected chi connectivity index (χ2v) is 8.25. The van der Waals surface area contributed by atoms with Gasteiger partial charge in [-0.25, -0.2) is 17.2 Å². The summed E-state index contributed by atoms with van der Waals surface area (Å²) in [6.45, 7) is 2.31. The van der Waals surface area contributed by atoms with Crippen LogP contribution in [0.1, 0.15) is 19.8 Å². The molecule has 1 aromatic heterocycles. The first kappa shape index (κ1) is 20.0. The van der Waals surface area contributed by atoms with Crippen LogP contribution in [0.3, 0.4) is 0 Å². The van der Waals surface area contributed by atoms with Gasteiger partial charge in [-0.05, 0) is 36.8 Å². The largest absolute Gasteiger partial charge is 0.497 e. The quantitative estimate of drug-likeness (QED) is 0.621. The van der Waals surface area contributed by atoms with E-state index in [2.05, 4.69) is 0 Å². The van der Waals surface area contributed by atoms with Crippen LogP contribution in [0.5, 0.6) is 5.75 Å². The number of ether oxygens (including phenoxy) is 1. The van der Waals surface area contributed by atoms with E-state index in [0.29, 0.717) is 18.7 Å². The molecule has 0 fully saturated rings. The van der Waals surface area contributed by atoms with Crippen molar-refractivity contribution in [3.63, 3.8) is 0 Å². The van der Waals surface area contributed by atoms with Gasteiger partial charge in [0, 0.05) is 18.8 Å². The van der Waals surface area contributed by atoms with Crippen LogP contribution in [-0.4, -0.2) is 20.1 Å². The Balaban J connectivity index is 2.28. The second kappa shape index (κ2) is 7.71. The molecule has 0 aliphatic rings. The van der Waals surface area contributed by atoms with Crippen LogP contribution in [0, 0.1) is 11.6 Å². The van der Waals surface area contributed by atoms with Gasteiger partial charge in [0.2, 0.25) is 15.3 Å². The van der Waals surface area contributed by atoms with E-state index in [4.69, 9.17) is 4.74 Å². The number of rotatable bonds is 6. The summed E-state index contributed by atoms with van der Waals surface area (Å²) in [5.74, 6) is -1.83. The van der Waals surface area contributed by atoms with E-state index < -0.39 is 31.8 Å². The Labute approximate surface area is 161 Å². The Kier molecular flexibility index (Phi) is 5.51. The highest BCUT2D eigenvalue weighted by Crippen LogP contribution is 2.24. The average Bonchev–Trinajstić information content (AvgIpc) is 2.69. The Bertz CT molecular complexity index is 1190. The van der Waals surface area contributed by atoms with Crippen LogP contribution in [0.25, 0.3) is 10.9 Å².